The summed E-state index contributed by atoms with van der Waals surface area (Å²) in [5.74, 6) is 0.949. The molecule has 100 valence electrons. The molecule has 3 rings (SSSR count). The second kappa shape index (κ2) is 4.29. The van der Waals surface area contributed by atoms with Crippen molar-refractivity contribution in [2.24, 2.45) is 11.8 Å². The Morgan fingerprint density at radius 2 is 2.17 bits per heavy atom. The van der Waals surface area contributed by atoms with E-state index in [4.69, 9.17) is 0 Å². The van der Waals surface area contributed by atoms with E-state index < -0.39 is 5.60 Å². The standard InChI is InChI=1S/C14H22N2OS/c1-9-6-16(8-14(9,17)12-4-5-12)7-13-15-10(2)11(3)18-13/h9,12,17H,4-8H2,1-3H3/t9-,14+/m1/s1. The topological polar surface area (TPSA) is 36.4 Å². The first-order chi connectivity index (χ1) is 8.49. The molecular weight excluding hydrogens is 244 g/mol. The highest BCUT2D eigenvalue weighted by Crippen LogP contribution is 2.47. The predicted octanol–water partition coefficient (Wildman–Crippen LogP) is 2.35. The van der Waals surface area contributed by atoms with Gasteiger partial charge >= 0.3 is 0 Å². The molecule has 1 aliphatic heterocycles. The Bertz CT molecular complexity index is 435. The number of β-amino-alcohol motifs (C(OH)–C–C–N with tert-alkyl or cyclic N) is 1. The lowest BCUT2D eigenvalue weighted by Crippen LogP contribution is -2.39. The first kappa shape index (κ1) is 12.6. The smallest absolute Gasteiger partial charge is 0.107 e. The van der Waals surface area contributed by atoms with E-state index in [2.05, 4.69) is 30.7 Å². The van der Waals surface area contributed by atoms with Crippen LogP contribution in [0.4, 0.5) is 0 Å². The number of likely N-dealkylation sites (tertiary alicyclic amines) is 1. The zero-order valence-corrected chi connectivity index (χ0v) is 12.3. The molecule has 1 saturated heterocycles. The Morgan fingerprint density at radius 3 is 2.72 bits per heavy atom. The van der Waals surface area contributed by atoms with Gasteiger partial charge in [0.2, 0.25) is 0 Å². The van der Waals surface area contributed by atoms with Crippen molar-refractivity contribution in [3.8, 4) is 0 Å². The zero-order chi connectivity index (χ0) is 12.9. The van der Waals surface area contributed by atoms with Gasteiger partial charge in [0.25, 0.3) is 0 Å². The maximum absolute atomic E-state index is 10.7. The Hall–Kier alpha value is -0.450. The van der Waals surface area contributed by atoms with Crippen molar-refractivity contribution in [1.82, 2.24) is 9.88 Å². The number of thiazole rings is 1. The van der Waals surface area contributed by atoms with Gasteiger partial charge in [-0.3, -0.25) is 4.90 Å². The van der Waals surface area contributed by atoms with Crippen LogP contribution in [0.5, 0.6) is 0 Å². The maximum atomic E-state index is 10.7. The fraction of sp³-hybridized carbons (Fsp3) is 0.786. The lowest BCUT2D eigenvalue weighted by molar-refractivity contribution is -0.00443. The van der Waals surface area contributed by atoms with Gasteiger partial charge in [0.05, 0.1) is 17.8 Å². The monoisotopic (exact) mass is 266 g/mol. The van der Waals surface area contributed by atoms with Crippen molar-refractivity contribution >= 4 is 11.3 Å². The van der Waals surface area contributed by atoms with E-state index >= 15 is 0 Å². The molecule has 4 heteroatoms. The summed E-state index contributed by atoms with van der Waals surface area (Å²) in [6.07, 6.45) is 2.42. The summed E-state index contributed by atoms with van der Waals surface area (Å²) in [7, 11) is 0. The van der Waals surface area contributed by atoms with Crippen LogP contribution in [0.3, 0.4) is 0 Å². The van der Waals surface area contributed by atoms with Crippen LogP contribution in [0, 0.1) is 25.7 Å². The minimum Gasteiger partial charge on any atom is -0.388 e. The number of nitrogens with zero attached hydrogens (tertiary/aromatic N) is 2. The largest absolute Gasteiger partial charge is 0.388 e. The molecule has 1 saturated carbocycles. The van der Waals surface area contributed by atoms with E-state index in [9.17, 15) is 5.11 Å². The maximum Gasteiger partial charge on any atom is 0.107 e. The van der Waals surface area contributed by atoms with Gasteiger partial charge in [-0.15, -0.1) is 11.3 Å². The molecule has 0 aromatic carbocycles. The minimum absolute atomic E-state index is 0.396. The fourth-order valence-electron chi connectivity index (χ4n) is 3.16. The summed E-state index contributed by atoms with van der Waals surface area (Å²) in [6.45, 7) is 9.13. The molecule has 0 radical (unpaired) electrons. The molecule has 2 atom stereocenters. The number of hydrogen-bond donors (Lipinski definition) is 1. The fourth-order valence-corrected chi connectivity index (χ4v) is 4.13. The number of aryl methyl sites for hydroxylation is 2. The van der Waals surface area contributed by atoms with Crippen molar-refractivity contribution in [3.05, 3.63) is 15.6 Å². The third-order valence-electron chi connectivity index (χ3n) is 4.58. The van der Waals surface area contributed by atoms with Crippen LogP contribution in [0.1, 0.15) is 35.3 Å². The van der Waals surface area contributed by atoms with E-state index in [0.29, 0.717) is 11.8 Å². The molecule has 18 heavy (non-hydrogen) atoms. The molecule has 1 aromatic heterocycles. The van der Waals surface area contributed by atoms with Crippen molar-refractivity contribution in [2.75, 3.05) is 13.1 Å². The van der Waals surface area contributed by atoms with Crippen LogP contribution in [-0.4, -0.2) is 33.7 Å². The minimum atomic E-state index is -0.429. The van der Waals surface area contributed by atoms with Gasteiger partial charge < -0.3 is 5.11 Å². The number of aromatic nitrogens is 1. The van der Waals surface area contributed by atoms with Crippen LogP contribution >= 0.6 is 11.3 Å². The highest BCUT2D eigenvalue weighted by atomic mass is 32.1. The lowest BCUT2D eigenvalue weighted by atomic mass is 9.88. The van der Waals surface area contributed by atoms with Gasteiger partial charge in [-0.25, -0.2) is 4.98 Å². The van der Waals surface area contributed by atoms with E-state index in [0.717, 1.165) is 25.3 Å². The van der Waals surface area contributed by atoms with Gasteiger partial charge in [0.15, 0.2) is 0 Å². The second-order valence-electron chi connectivity index (χ2n) is 6.09. The van der Waals surface area contributed by atoms with Gasteiger partial charge in [-0.2, -0.15) is 0 Å². The molecule has 1 N–H and O–H groups in total. The Kier molecular flexibility index (Phi) is 3.00. The van der Waals surface area contributed by atoms with Gasteiger partial charge in [0.1, 0.15) is 5.01 Å². The van der Waals surface area contributed by atoms with Crippen LogP contribution in [0.25, 0.3) is 0 Å². The van der Waals surface area contributed by atoms with Crippen molar-refractivity contribution in [1.29, 1.82) is 0 Å². The van der Waals surface area contributed by atoms with E-state index in [1.165, 1.54) is 22.7 Å². The number of aliphatic hydroxyl groups is 1. The zero-order valence-electron chi connectivity index (χ0n) is 11.4. The molecule has 1 aromatic rings. The molecule has 0 spiro atoms. The van der Waals surface area contributed by atoms with Crippen molar-refractivity contribution < 1.29 is 5.11 Å². The van der Waals surface area contributed by atoms with Crippen LogP contribution in [-0.2, 0) is 6.54 Å². The van der Waals surface area contributed by atoms with Gasteiger partial charge in [-0.05, 0) is 38.5 Å². The first-order valence-electron chi connectivity index (χ1n) is 6.86. The van der Waals surface area contributed by atoms with E-state index in [-0.39, 0.29) is 0 Å². The Morgan fingerprint density at radius 1 is 1.44 bits per heavy atom. The van der Waals surface area contributed by atoms with E-state index in [1.807, 2.05) is 0 Å². The summed E-state index contributed by atoms with van der Waals surface area (Å²) in [5, 5.41) is 11.9. The molecule has 0 unspecified atom stereocenters. The molecule has 2 aliphatic rings. The highest BCUT2D eigenvalue weighted by Gasteiger charge is 2.52. The van der Waals surface area contributed by atoms with Crippen molar-refractivity contribution in [3.63, 3.8) is 0 Å². The normalized spacial score (nSPS) is 33.2. The molecular formula is C14H22N2OS. The average molecular weight is 266 g/mol. The second-order valence-corrected chi connectivity index (χ2v) is 7.37. The quantitative estimate of drug-likeness (QED) is 0.912. The third-order valence-corrected chi connectivity index (χ3v) is 5.64. The molecule has 1 aliphatic carbocycles. The van der Waals surface area contributed by atoms with Crippen LogP contribution in [0.15, 0.2) is 0 Å². The Labute approximate surface area is 113 Å². The van der Waals surface area contributed by atoms with Crippen LogP contribution in [0.2, 0.25) is 0 Å². The molecule has 2 heterocycles. The Balaban J connectivity index is 1.68. The summed E-state index contributed by atoms with van der Waals surface area (Å²) >= 11 is 1.79. The summed E-state index contributed by atoms with van der Waals surface area (Å²) < 4.78 is 0. The summed E-state index contributed by atoms with van der Waals surface area (Å²) in [6, 6.07) is 0. The van der Waals surface area contributed by atoms with Crippen molar-refractivity contribution in [2.45, 2.75) is 45.8 Å². The highest BCUT2D eigenvalue weighted by molar-refractivity contribution is 7.11. The number of hydrogen-bond acceptors (Lipinski definition) is 4. The molecule has 3 nitrogen and oxygen atoms in total. The van der Waals surface area contributed by atoms with Gasteiger partial charge in [-0.1, -0.05) is 6.92 Å². The summed E-state index contributed by atoms with van der Waals surface area (Å²) in [5.41, 5.74) is 0.723. The first-order valence-corrected chi connectivity index (χ1v) is 7.68. The summed E-state index contributed by atoms with van der Waals surface area (Å²) in [4.78, 5) is 8.29. The third kappa shape index (κ3) is 2.10. The van der Waals surface area contributed by atoms with E-state index in [1.54, 1.807) is 11.3 Å². The average Bonchev–Trinajstić information content (AvgIpc) is 3.03. The lowest BCUT2D eigenvalue weighted by Gasteiger charge is -2.26. The predicted molar refractivity (Wildman–Crippen MR) is 73.7 cm³/mol. The van der Waals surface area contributed by atoms with Crippen LogP contribution < -0.4 is 0 Å². The molecule has 2 fully saturated rings. The molecule has 0 bridgehead atoms. The SMILES string of the molecule is Cc1nc(CN2C[C@@H](C)[C@](O)(C3CC3)C2)sc1C. The number of rotatable bonds is 3. The van der Waals surface area contributed by atoms with Gasteiger partial charge in [0, 0.05) is 18.0 Å². The molecule has 0 amide bonds.